The molecular weight excluding hydrogens is 356 g/mol. The fourth-order valence-corrected chi connectivity index (χ4v) is 2.78. The van der Waals surface area contributed by atoms with Crippen molar-refractivity contribution in [1.82, 2.24) is 10.6 Å². The first-order valence-corrected chi connectivity index (χ1v) is 8.97. The van der Waals surface area contributed by atoms with Crippen molar-refractivity contribution in [2.45, 2.75) is 45.2 Å². The van der Waals surface area contributed by atoms with Gasteiger partial charge < -0.3 is 16.4 Å². The highest BCUT2D eigenvalue weighted by molar-refractivity contribution is 6.30. The van der Waals surface area contributed by atoms with Crippen LogP contribution in [0.25, 0.3) is 0 Å². The average molecular weight is 381 g/mol. The summed E-state index contributed by atoms with van der Waals surface area (Å²) in [5.41, 5.74) is 5.71. The first-order valence-electron chi connectivity index (χ1n) is 8.59. The number of hydrogen-bond acceptors (Lipinski definition) is 4. The highest BCUT2D eigenvalue weighted by atomic mass is 35.5. The molecule has 2 rings (SSSR count). The van der Waals surface area contributed by atoms with Gasteiger partial charge in [-0.3, -0.25) is 9.59 Å². The number of halogens is 1. The molecule has 7 nitrogen and oxygen atoms in total. The molecule has 1 heterocycles. The minimum Gasteiger partial charge on any atom is -0.349 e. The van der Waals surface area contributed by atoms with Gasteiger partial charge >= 0.3 is 6.03 Å². The standard InChI is InChI=1S/C18H25ClN4O3/c1-11(2)18(3,10-20)22-15(24)9-8-14-16(25)23(17(26)21-14)13-6-4-12(19)5-7-13/h4-7,11,14H,8-10,20H2,1-3H3,(H,21,26)(H,22,24). The van der Waals surface area contributed by atoms with Gasteiger partial charge in [-0.2, -0.15) is 0 Å². The molecule has 8 heteroatoms. The van der Waals surface area contributed by atoms with Gasteiger partial charge in [0.15, 0.2) is 0 Å². The molecule has 1 saturated heterocycles. The highest BCUT2D eigenvalue weighted by Crippen LogP contribution is 2.23. The Kier molecular flexibility index (Phi) is 6.26. The fourth-order valence-electron chi connectivity index (χ4n) is 2.65. The number of anilines is 1. The monoisotopic (exact) mass is 380 g/mol. The van der Waals surface area contributed by atoms with Crippen LogP contribution < -0.4 is 21.3 Å². The summed E-state index contributed by atoms with van der Waals surface area (Å²) in [6.45, 7) is 6.18. The molecule has 1 fully saturated rings. The number of rotatable bonds is 7. The molecule has 0 aromatic heterocycles. The van der Waals surface area contributed by atoms with E-state index in [1.54, 1.807) is 24.3 Å². The molecule has 2 atom stereocenters. The predicted octanol–water partition coefficient (Wildman–Crippen LogP) is 2.03. The number of imide groups is 1. The zero-order chi connectivity index (χ0) is 19.5. The number of nitrogens with zero attached hydrogens (tertiary/aromatic N) is 1. The van der Waals surface area contributed by atoms with E-state index in [9.17, 15) is 14.4 Å². The van der Waals surface area contributed by atoms with Crippen LogP contribution in [0.3, 0.4) is 0 Å². The molecule has 0 radical (unpaired) electrons. The maximum absolute atomic E-state index is 12.5. The van der Waals surface area contributed by atoms with E-state index in [0.29, 0.717) is 17.3 Å². The number of nitrogens with two attached hydrogens (primary N) is 1. The Bertz CT molecular complexity index is 692. The smallest absolute Gasteiger partial charge is 0.329 e. The van der Waals surface area contributed by atoms with Gasteiger partial charge in [-0.1, -0.05) is 25.4 Å². The first-order chi connectivity index (χ1) is 12.2. The summed E-state index contributed by atoms with van der Waals surface area (Å²) in [7, 11) is 0. The second-order valence-electron chi connectivity index (χ2n) is 7.02. The lowest BCUT2D eigenvalue weighted by molar-refractivity contribution is -0.123. The van der Waals surface area contributed by atoms with Crippen LogP contribution in [0.4, 0.5) is 10.5 Å². The van der Waals surface area contributed by atoms with E-state index in [1.807, 2.05) is 20.8 Å². The zero-order valence-electron chi connectivity index (χ0n) is 15.2. The largest absolute Gasteiger partial charge is 0.349 e. The van der Waals surface area contributed by atoms with Crippen molar-refractivity contribution in [3.63, 3.8) is 0 Å². The molecule has 1 aliphatic rings. The van der Waals surface area contributed by atoms with E-state index in [4.69, 9.17) is 17.3 Å². The molecule has 1 aliphatic heterocycles. The number of benzene rings is 1. The summed E-state index contributed by atoms with van der Waals surface area (Å²) in [4.78, 5) is 38.0. The van der Waals surface area contributed by atoms with Crippen molar-refractivity contribution in [1.29, 1.82) is 0 Å². The third-order valence-corrected chi connectivity index (χ3v) is 5.14. The van der Waals surface area contributed by atoms with Gasteiger partial charge in [0.25, 0.3) is 5.91 Å². The predicted molar refractivity (Wildman–Crippen MR) is 101 cm³/mol. The minimum absolute atomic E-state index is 0.119. The van der Waals surface area contributed by atoms with Crippen LogP contribution in [0.2, 0.25) is 5.02 Å². The number of amides is 4. The summed E-state index contributed by atoms with van der Waals surface area (Å²) in [5, 5.41) is 6.06. The Morgan fingerprint density at radius 1 is 1.35 bits per heavy atom. The SMILES string of the molecule is CC(C)C(C)(CN)NC(=O)CCC1NC(=O)N(c2ccc(Cl)cc2)C1=O. The van der Waals surface area contributed by atoms with Gasteiger partial charge in [-0.15, -0.1) is 0 Å². The fraction of sp³-hybridized carbons (Fsp3) is 0.500. The summed E-state index contributed by atoms with van der Waals surface area (Å²) in [6.07, 6.45) is 0.340. The normalized spacial score (nSPS) is 19.5. The molecule has 0 bridgehead atoms. The van der Waals surface area contributed by atoms with Gasteiger partial charge in [0.05, 0.1) is 11.2 Å². The Balaban J connectivity index is 1.97. The lowest BCUT2D eigenvalue weighted by Gasteiger charge is -2.33. The number of nitrogens with one attached hydrogen (secondary N) is 2. The molecule has 0 aliphatic carbocycles. The van der Waals surface area contributed by atoms with E-state index in [0.717, 1.165) is 4.90 Å². The van der Waals surface area contributed by atoms with Crippen LogP contribution in [0, 0.1) is 5.92 Å². The quantitative estimate of drug-likeness (QED) is 0.629. The Hall–Kier alpha value is -2.12. The lowest BCUT2D eigenvalue weighted by atomic mass is 9.88. The number of hydrogen-bond donors (Lipinski definition) is 3. The second-order valence-corrected chi connectivity index (χ2v) is 7.45. The third kappa shape index (κ3) is 4.34. The summed E-state index contributed by atoms with van der Waals surface area (Å²) in [6, 6.07) is 5.19. The van der Waals surface area contributed by atoms with Crippen molar-refractivity contribution in [3.8, 4) is 0 Å². The summed E-state index contributed by atoms with van der Waals surface area (Å²) < 4.78 is 0. The van der Waals surface area contributed by atoms with Crippen LogP contribution in [0.5, 0.6) is 0 Å². The Morgan fingerprint density at radius 2 is 1.96 bits per heavy atom. The van der Waals surface area contributed by atoms with Gasteiger partial charge in [0.1, 0.15) is 6.04 Å². The molecule has 4 N–H and O–H groups in total. The molecule has 2 unspecified atom stereocenters. The number of carbonyl (C=O) groups is 3. The van der Waals surface area contributed by atoms with Gasteiger partial charge in [-0.25, -0.2) is 9.69 Å². The Morgan fingerprint density at radius 3 is 2.50 bits per heavy atom. The van der Waals surface area contributed by atoms with E-state index in [-0.39, 0.29) is 30.6 Å². The number of carbonyl (C=O) groups excluding carboxylic acids is 3. The second kappa shape index (κ2) is 8.05. The number of urea groups is 1. The zero-order valence-corrected chi connectivity index (χ0v) is 16.0. The first kappa shape index (κ1) is 20.2. The van der Waals surface area contributed by atoms with E-state index >= 15 is 0 Å². The van der Waals surface area contributed by atoms with E-state index < -0.39 is 17.6 Å². The van der Waals surface area contributed by atoms with E-state index in [2.05, 4.69) is 10.6 Å². The lowest BCUT2D eigenvalue weighted by Crippen LogP contribution is -2.55. The molecule has 26 heavy (non-hydrogen) atoms. The van der Waals surface area contributed by atoms with Crippen LogP contribution in [0.15, 0.2) is 24.3 Å². The maximum Gasteiger partial charge on any atom is 0.329 e. The molecule has 0 saturated carbocycles. The topological polar surface area (TPSA) is 105 Å². The van der Waals surface area contributed by atoms with Crippen LogP contribution in [-0.2, 0) is 9.59 Å². The Labute approximate surface area is 158 Å². The van der Waals surface area contributed by atoms with E-state index in [1.165, 1.54) is 0 Å². The maximum atomic E-state index is 12.5. The molecule has 1 aromatic carbocycles. The molecule has 0 spiro atoms. The molecule has 142 valence electrons. The van der Waals surface area contributed by atoms with Gasteiger partial charge in [-0.05, 0) is 43.5 Å². The molecule has 1 aromatic rings. The van der Waals surface area contributed by atoms with Crippen molar-refractivity contribution in [3.05, 3.63) is 29.3 Å². The summed E-state index contributed by atoms with van der Waals surface area (Å²) in [5.74, 6) is -0.404. The third-order valence-electron chi connectivity index (χ3n) is 4.89. The van der Waals surface area contributed by atoms with Gasteiger partial charge in [0.2, 0.25) is 5.91 Å². The van der Waals surface area contributed by atoms with Crippen molar-refractivity contribution in [2.24, 2.45) is 11.7 Å². The van der Waals surface area contributed by atoms with Crippen molar-refractivity contribution < 1.29 is 14.4 Å². The van der Waals surface area contributed by atoms with Crippen LogP contribution in [-0.4, -0.2) is 36.0 Å². The summed E-state index contributed by atoms with van der Waals surface area (Å²) >= 11 is 5.83. The average Bonchev–Trinajstić information content (AvgIpc) is 2.87. The highest BCUT2D eigenvalue weighted by Gasteiger charge is 2.39. The van der Waals surface area contributed by atoms with Crippen molar-refractivity contribution >= 4 is 35.1 Å². The minimum atomic E-state index is -0.730. The molecular formula is C18H25ClN4O3. The molecule has 4 amide bonds. The van der Waals surface area contributed by atoms with Crippen molar-refractivity contribution in [2.75, 3.05) is 11.4 Å². The van der Waals surface area contributed by atoms with Crippen LogP contribution >= 0.6 is 11.6 Å². The van der Waals surface area contributed by atoms with Crippen LogP contribution in [0.1, 0.15) is 33.6 Å². The van der Waals surface area contributed by atoms with Gasteiger partial charge in [0, 0.05) is 18.0 Å².